The summed E-state index contributed by atoms with van der Waals surface area (Å²) in [4.78, 5) is 42.5. The molecular formula is C23H24N2O4S2. The highest BCUT2D eigenvalue weighted by Crippen LogP contribution is 2.24. The molecule has 0 radical (unpaired) electrons. The highest BCUT2D eigenvalue weighted by molar-refractivity contribution is 7.98. The molecule has 0 atom stereocenters. The van der Waals surface area contributed by atoms with Crippen LogP contribution in [0.25, 0.3) is 5.13 Å². The van der Waals surface area contributed by atoms with Crippen LogP contribution in [0.15, 0.2) is 40.6 Å². The largest absolute Gasteiger partial charge is 0.457 e. The molecule has 0 aliphatic heterocycles. The van der Waals surface area contributed by atoms with Crippen molar-refractivity contribution < 1.29 is 19.1 Å². The summed E-state index contributed by atoms with van der Waals surface area (Å²) in [6, 6.07) is 9.03. The Balaban J connectivity index is 1.54. The van der Waals surface area contributed by atoms with Crippen LogP contribution in [-0.2, 0) is 9.53 Å². The van der Waals surface area contributed by atoms with Crippen molar-refractivity contribution in [2.75, 3.05) is 12.9 Å². The molecule has 0 aliphatic rings. The van der Waals surface area contributed by atoms with Crippen molar-refractivity contribution >= 4 is 40.6 Å². The summed E-state index contributed by atoms with van der Waals surface area (Å²) in [7, 11) is 0. The molecule has 0 fully saturated rings. The number of hydrogen-bond acceptors (Lipinski definition) is 7. The molecule has 162 valence electrons. The molecule has 2 heterocycles. The maximum Gasteiger partial charge on any atom is 0.306 e. The molecule has 3 aromatic rings. The molecule has 0 aliphatic carbocycles. The summed E-state index contributed by atoms with van der Waals surface area (Å²) < 4.78 is 7.05. The van der Waals surface area contributed by atoms with Crippen molar-refractivity contribution in [1.29, 1.82) is 0 Å². The molecular weight excluding hydrogens is 432 g/mol. The predicted octanol–water partition coefficient (Wildman–Crippen LogP) is 4.97. The molecule has 0 amide bonds. The van der Waals surface area contributed by atoms with Gasteiger partial charge in [0, 0.05) is 39.2 Å². The van der Waals surface area contributed by atoms with Gasteiger partial charge in [0.2, 0.25) is 5.78 Å². The predicted molar refractivity (Wildman–Crippen MR) is 123 cm³/mol. The molecule has 1 aromatic carbocycles. The Morgan fingerprint density at radius 2 is 1.77 bits per heavy atom. The number of carbonyl (C=O) groups is 3. The van der Waals surface area contributed by atoms with Gasteiger partial charge in [-0.05, 0) is 45.2 Å². The number of aromatic nitrogens is 2. The van der Waals surface area contributed by atoms with Gasteiger partial charge < -0.3 is 4.74 Å². The summed E-state index contributed by atoms with van der Waals surface area (Å²) >= 11 is 3.10. The molecule has 8 heteroatoms. The van der Waals surface area contributed by atoms with E-state index in [1.165, 1.54) is 11.3 Å². The minimum Gasteiger partial charge on any atom is -0.457 e. The Morgan fingerprint density at radius 3 is 2.39 bits per heavy atom. The number of esters is 1. The normalized spacial score (nSPS) is 10.8. The van der Waals surface area contributed by atoms with E-state index in [-0.39, 0.29) is 31.0 Å². The Morgan fingerprint density at radius 1 is 1.06 bits per heavy atom. The summed E-state index contributed by atoms with van der Waals surface area (Å²) in [6.07, 6.45) is 1.95. The lowest BCUT2D eigenvalue weighted by Gasteiger charge is -2.07. The molecule has 0 bridgehead atoms. The van der Waals surface area contributed by atoms with Crippen molar-refractivity contribution in [3.63, 3.8) is 0 Å². The second kappa shape index (κ2) is 10.1. The fourth-order valence-electron chi connectivity index (χ4n) is 3.22. The van der Waals surface area contributed by atoms with E-state index >= 15 is 0 Å². The molecule has 0 saturated carbocycles. The molecule has 6 nitrogen and oxygen atoms in total. The number of thioether (sulfide) groups is 1. The number of ketones is 2. The van der Waals surface area contributed by atoms with E-state index in [4.69, 9.17) is 4.74 Å². The van der Waals surface area contributed by atoms with Gasteiger partial charge in [0.15, 0.2) is 17.5 Å². The standard InChI is InChI=1S/C23H24N2O4S2/c1-14-13-31-23(24-14)25-15(2)11-19(16(25)3)21(27)12-29-22(28)10-9-20(26)17-5-7-18(30-4)8-6-17/h5-8,11,13H,9-10,12H2,1-4H3. The first kappa shape index (κ1) is 23.0. The highest BCUT2D eigenvalue weighted by atomic mass is 32.2. The molecule has 0 N–H and O–H groups in total. The zero-order valence-electron chi connectivity index (χ0n) is 17.9. The van der Waals surface area contributed by atoms with Gasteiger partial charge >= 0.3 is 5.97 Å². The smallest absolute Gasteiger partial charge is 0.306 e. The quantitative estimate of drug-likeness (QED) is 0.257. The highest BCUT2D eigenvalue weighted by Gasteiger charge is 2.19. The first-order valence-electron chi connectivity index (χ1n) is 9.77. The minimum atomic E-state index is -0.563. The Kier molecular flexibility index (Phi) is 7.46. The van der Waals surface area contributed by atoms with Crippen LogP contribution in [0, 0.1) is 20.8 Å². The van der Waals surface area contributed by atoms with E-state index in [1.54, 1.807) is 30.0 Å². The maximum atomic E-state index is 12.6. The van der Waals surface area contributed by atoms with E-state index in [0.717, 1.165) is 27.1 Å². The lowest BCUT2D eigenvalue weighted by atomic mass is 10.1. The van der Waals surface area contributed by atoms with Crippen molar-refractivity contribution in [2.45, 2.75) is 38.5 Å². The summed E-state index contributed by atoms with van der Waals surface area (Å²) in [5, 5.41) is 2.75. The van der Waals surface area contributed by atoms with Crippen LogP contribution in [-0.4, -0.2) is 39.9 Å². The van der Waals surface area contributed by atoms with E-state index in [2.05, 4.69) is 4.98 Å². The van der Waals surface area contributed by atoms with Gasteiger partial charge in [-0.25, -0.2) is 4.98 Å². The lowest BCUT2D eigenvalue weighted by molar-refractivity contribution is -0.142. The van der Waals surface area contributed by atoms with Crippen LogP contribution in [0.4, 0.5) is 0 Å². The third-order valence-electron chi connectivity index (χ3n) is 4.86. The van der Waals surface area contributed by atoms with Gasteiger partial charge in [-0.3, -0.25) is 19.0 Å². The number of Topliss-reactive ketones (excluding diaryl/α,β-unsaturated/α-hetero) is 2. The van der Waals surface area contributed by atoms with Crippen LogP contribution < -0.4 is 0 Å². The fourth-order valence-corrected chi connectivity index (χ4v) is 4.54. The first-order chi connectivity index (χ1) is 14.8. The fraction of sp³-hybridized carbons (Fsp3) is 0.304. The van der Waals surface area contributed by atoms with Crippen molar-refractivity contribution in [1.82, 2.24) is 9.55 Å². The molecule has 0 unspecified atom stereocenters. The van der Waals surface area contributed by atoms with E-state index in [1.807, 2.05) is 49.1 Å². The summed E-state index contributed by atoms with van der Waals surface area (Å²) in [6.45, 7) is 5.32. The lowest BCUT2D eigenvalue weighted by Crippen LogP contribution is -2.15. The number of thiazole rings is 1. The SMILES string of the molecule is CSc1ccc(C(=O)CCC(=O)OCC(=O)c2cc(C)n(-c3nc(C)cs3)c2C)cc1. The van der Waals surface area contributed by atoms with Crippen LogP contribution in [0.3, 0.4) is 0 Å². The summed E-state index contributed by atoms with van der Waals surface area (Å²) in [5.74, 6) is -0.968. The zero-order chi connectivity index (χ0) is 22.5. The number of ether oxygens (including phenoxy) is 1. The topological polar surface area (TPSA) is 78.3 Å². The molecule has 3 rings (SSSR count). The molecule has 2 aromatic heterocycles. The van der Waals surface area contributed by atoms with Gasteiger partial charge in [-0.1, -0.05) is 12.1 Å². The van der Waals surface area contributed by atoms with Crippen LogP contribution in [0.5, 0.6) is 0 Å². The van der Waals surface area contributed by atoms with Gasteiger partial charge in [0.05, 0.1) is 12.1 Å². The number of nitrogens with zero attached hydrogens (tertiary/aromatic N) is 2. The first-order valence-corrected chi connectivity index (χ1v) is 11.9. The minimum absolute atomic E-state index is 0.0452. The average Bonchev–Trinajstić information content (AvgIpc) is 3.32. The van der Waals surface area contributed by atoms with E-state index in [9.17, 15) is 14.4 Å². The van der Waals surface area contributed by atoms with Crippen molar-refractivity contribution in [3.8, 4) is 5.13 Å². The molecule has 0 spiro atoms. The van der Waals surface area contributed by atoms with Gasteiger partial charge in [0.25, 0.3) is 0 Å². The van der Waals surface area contributed by atoms with Crippen molar-refractivity contribution in [2.24, 2.45) is 0 Å². The Hall–Kier alpha value is -2.71. The molecule has 0 saturated heterocycles. The monoisotopic (exact) mass is 456 g/mol. The number of rotatable bonds is 9. The average molecular weight is 457 g/mol. The number of aryl methyl sites for hydroxylation is 2. The third kappa shape index (κ3) is 5.51. The number of carbonyl (C=O) groups excluding carboxylic acids is 3. The van der Waals surface area contributed by atoms with E-state index < -0.39 is 5.97 Å². The number of hydrogen-bond donors (Lipinski definition) is 0. The molecule has 31 heavy (non-hydrogen) atoms. The van der Waals surface area contributed by atoms with Crippen LogP contribution in [0.2, 0.25) is 0 Å². The van der Waals surface area contributed by atoms with Gasteiger partial charge in [-0.15, -0.1) is 23.1 Å². The van der Waals surface area contributed by atoms with Gasteiger partial charge in [-0.2, -0.15) is 0 Å². The van der Waals surface area contributed by atoms with Crippen molar-refractivity contribution in [3.05, 3.63) is 63.9 Å². The Bertz CT molecular complexity index is 1110. The Labute approximate surface area is 189 Å². The van der Waals surface area contributed by atoms with Gasteiger partial charge in [0.1, 0.15) is 0 Å². The zero-order valence-corrected chi connectivity index (χ0v) is 19.6. The van der Waals surface area contributed by atoms with E-state index in [0.29, 0.717) is 11.1 Å². The second-order valence-electron chi connectivity index (χ2n) is 7.13. The second-order valence-corrected chi connectivity index (χ2v) is 8.84. The maximum absolute atomic E-state index is 12.6. The summed E-state index contributed by atoms with van der Waals surface area (Å²) in [5.41, 5.74) is 3.63. The van der Waals surface area contributed by atoms with Crippen LogP contribution in [0.1, 0.15) is 50.6 Å². The van der Waals surface area contributed by atoms with Crippen LogP contribution >= 0.6 is 23.1 Å². The third-order valence-corrected chi connectivity index (χ3v) is 6.55. The number of benzene rings is 1.